The van der Waals surface area contributed by atoms with E-state index in [0.717, 1.165) is 16.7 Å². The van der Waals surface area contributed by atoms with Crippen LogP contribution in [0.2, 0.25) is 0 Å². The van der Waals surface area contributed by atoms with Crippen LogP contribution in [0.15, 0.2) is 23.8 Å². The SMILES string of the molecule is CC(=O)OCc1c(CC2=CCOC2=O)ccc(NC(=O)OC(C)(C)C)c1C. The number of ether oxygens (including phenoxy) is 3. The van der Waals surface area contributed by atoms with Gasteiger partial charge >= 0.3 is 18.0 Å². The highest BCUT2D eigenvalue weighted by molar-refractivity contribution is 5.91. The van der Waals surface area contributed by atoms with E-state index in [1.807, 2.05) is 6.92 Å². The second kappa shape index (κ2) is 8.24. The minimum Gasteiger partial charge on any atom is -0.461 e. The zero-order valence-electron chi connectivity index (χ0n) is 16.3. The number of benzene rings is 1. The van der Waals surface area contributed by atoms with Crippen LogP contribution in [0.5, 0.6) is 0 Å². The van der Waals surface area contributed by atoms with E-state index < -0.39 is 17.7 Å². The molecule has 146 valence electrons. The van der Waals surface area contributed by atoms with E-state index in [2.05, 4.69) is 5.32 Å². The molecule has 1 aromatic carbocycles. The molecule has 1 aromatic rings. The van der Waals surface area contributed by atoms with Crippen LogP contribution in [-0.2, 0) is 36.8 Å². The molecule has 0 spiro atoms. The number of carbonyl (C=O) groups is 3. The molecule has 27 heavy (non-hydrogen) atoms. The van der Waals surface area contributed by atoms with E-state index >= 15 is 0 Å². The quantitative estimate of drug-likeness (QED) is 0.626. The molecule has 1 heterocycles. The van der Waals surface area contributed by atoms with Crippen molar-refractivity contribution < 1.29 is 28.6 Å². The Morgan fingerprint density at radius 3 is 2.52 bits per heavy atom. The second-order valence-corrected chi connectivity index (χ2v) is 7.29. The van der Waals surface area contributed by atoms with Crippen molar-refractivity contribution in [1.82, 2.24) is 0 Å². The summed E-state index contributed by atoms with van der Waals surface area (Å²) in [7, 11) is 0. The normalized spacial score (nSPS) is 13.7. The monoisotopic (exact) mass is 375 g/mol. The Hall–Kier alpha value is -2.83. The van der Waals surface area contributed by atoms with Gasteiger partial charge in [-0.1, -0.05) is 6.07 Å². The van der Waals surface area contributed by atoms with Gasteiger partial charge in [-0.15, -0.1) is 0 Å². The van der Waals surface area contributed by atoms with Crippen LogP contribution < -0.4 is 5.32 Å². The van der Waals surface area contributed by atoms with Crippen LogP contribution >= 0.6 is 0 Å². The molecule has 7 heteroatoms. The zero-order chi connectivity index (χ0) is 20.2. The maximum absolute atomic E-state index is 12.1. The van der Waals surface area contributed by atoms with E-state index in [1.165, 1.54) is 6.92 Å². The van der Waals surface area contributed by atoms with E-state index in [1.54, 1.807) is 39.0 Å². The highest BCUT2D eigenvalue weighted by atomic mass is 16.6. The maximum atomic E-state index is 12.1. The minimum atomic E-state index is -0.617. The molecule has 0 radical (unpaired) electrons. The first-order chi connectivity index (χ1) is 12.6. The lowest BCUT2D eigenvalue weighted by Crippen LogP contribution is -2.27. The van der Waals surface area contributed by atoms with Crippen LogP contribution in [0.1, 0.15) is 44.4 Å². The molecule has 2 rings (SSSR count). The fraction of sp³-hybridized carbons (Fsp3) is 0.450. The fourth-order valence-corrected chi connectivity index (χ4v) is 2.65. The van der Waals surface area contributed by atoms with E-state index in [4.69, 9.17) is 14.2 Å². The van der Waals surface area contributed by atoms with Gasteiger partial charge in [-0.2, -0.15) is 0 Å². The van der Waals surface area contributed by atoms with Gasteiger partial charge in [-0.3, -0.25) is 10.1 Å². The van der Waals surface area contributed by atoms with Gasteiger partial charge < -0.3 is 14.2 Å². The van der Waals surface area contributed by atoms with Crippen LogP contribution in [0.25, 0.3) is 0 Å². The van der Waals surface area contributed by atoms with Gasteiger partial charge in [0.25, 0.3) is 0 Å². The van der Waals surface area contributed by atoms with Crippen LogP contribution in [0, 0.1) is 6.92 Å². The maximum Gasteiger partial charge on any atom is 0.412 e. The van der Waals surface area contributed by atoms with Gasteiger partial charge in [0.15, 0.2) is 0 Å². The Labute approximate surface area is 158 Å². The largest absolute Gasteiger partial charge is 0.461 e. The average Bonchev–Trinajstić information content (AvgIpc) is 2.92. The van der Waals surface area contributed by atoms with Crippen molar-refractivity contribution in [2.75, 3.05) is 11.9 Å². The Kier molecular flexibility index (Phi) is 6.25. The molecule has 0 bridgehead atoms. The van der Waals surface area contributed by atoms with Gasteiger partial charge in [0.05, 0.1) is 0 Å². The number of hydrogen-bond acceptors (Lipinski definition) is 6. The lowest BCUT2D eigenvalue weighted by atomic mass is 9.95. The van der Waals surface area contributed by atoms with Crippen LogP contribution in [0.3, 0.4) is 0 Å². The highest BCUT2D eigenvalue weighted by Gasteiger charge is 2.21. The highest BCUT2D eigenvalue weighted by Crippen LogP contribution is 2.27. The first kappa shape index (κ1) is 20.5. The second-order valence-electron chi connectivity index (χ2n) is 7.29. The summed E-state index contributed by atoms with van der Waals surface area (Å²) in [6.07, 6.45) is 1.53. The Bertz CT molecular complexity index is 788. The Morgan fingerprint density at radius 2 is 1.96 bits per heavy atom. The van der Waals surface area contributed by atoms with E-state index in [-0.39, 0.29) is 19.2 Å². The number of cyclic esters (lactones) is 1. The number of carbonyl (C=O) groups excluding carboxylic acids is 3. The van der Waals surface area contributed by atoms with Crippen molar-refractivity contribution in [3.8, 4) is 0 Å². The van der Waals surface area contributed by atoms with Crippen molar-refractivity contribution in [2.24, 2.45) is 0 Å². The standard InChI is InChI=1S/C20H25NO6/c1-12-16(11-26-13(2)22)14(10-15-8-9-25-18(15)23)6-7-17(12)21-19(24)27-20(3,4)5/h6-8H,9-11H2,1-5H3,(H,21,24). The summed E-state index contributed by atoms with van der Waals surface area (Å²) in [6.45, 7) is 8.80. The van der Waals surface area contributed by atoms with Gasteiger partial charge in [0, 0.05) is 24.6 Å². The van der Waals surface area contributed by atoms with E-state index in [9.17, 15) is 14.4 Å². The van der Waals surface area contributed by atoms with Gasteiger partial charge in [-0.05, 0) is 56.5 Å². The summed E-state index contributed by atoms with van der Waals surface area (Å²) in [4.78, 5) is 35.1. The molecule has 0 saturated carbocycles. The summed E-state index contributed by atoms with van der Waals surface area (Å²) in [5, 5.41) is 2.72. The molecule has 0 unspecified atom stereocenters. The Morgan fingerprint density at radius 1 is 1.26 bits per heavy atom. The van der Waals surface area contributed by atoms with E-state index in [0.29, 0.717) is 17.7 Å². The molecule has 0 saturated heterocycles. The summed E-state index contributed by atoms with van der Waals surface area (Å²) < 4.78 is 15.4. The predicted molar refractivity (Wildman–Crippen MR) is 99.3 cm³/mol. The smallest absolute Gasteiger partial charge is 0.412 e. The minimum absolute atomic E-state index is 0.0443. The fourth-order valence-electron chi connectivity index (χ4n) is 2.65. The van der Waals surface area contributed by atoms with Gasteiger partial charge in [-0.25, -0.2) is 9.59 Å². The number of esters is 2. The number of nitrogens with one attached hydrogen (secondary N) is 1. The Balaban J connectivity index is 2.29. The molecule has 0 fully saturated rings. The summed E-state index contributed by atoms with van der Waals surface area (Å²) >= 11 is 0. The van der Waals surface area contributed by atoms with Crippen molar-refractivity contribution in [3.63, 3.8) is 0 Å². The van der Waals surface area contributed by atoms with Crippen molar-refractivity contribution >= 4 is 23.7 Å². The molecule has 0 aliphatic carbocycles. The van der Waals surface area contributed by atoms with Crippen LogP contribution in [0.4, 0.5) is 10.5 Å². The average molecular weight is 375 g/mol. The molecule has 1 aliphatic heterocycles. The third-order valence-electron chi connectivity index (χ3n) is 3.94. The van der Waals surface area contributed by atoms with Gasteiger partial charge in [0.1, 0.15) is 18.8 Å². The third-order valence-corrected chi connectivity index (χ3v) is 3.94. The molecule has 7 nitrogen and oxygen atoms in total. The first-order valence-corrected chi connectivity index (χ1v) is 8.67. The molecule has 1 aliphatic rings. The lowest BCUT2D eigenvalue weighted by molar-refractivity contribution is -0.142. The molecule has 1 amide bonds. The summed E-state index contributed by atoms with van der Waals surface area (Å²) in [6, 6.07) is 3.54. The first-order valence-electron chi connectivity index (χ1n) is 8.67. The van der Waals surface area contributed by atoms with Gasteiger partial charge in [0.2, 0.25) is 0 Å². The molecule has 1 N–H and O–H groups in total. The van der Waals surface area contributed by atoms with Crippen LogP contribution in [-0.4, -0.2) is 30.2 Å². The summed E-state index contributed by atoms with van der Waals surface area (Å²) in [5.74, 6) is -0.757. The zero-order valence-corrected chi connectivity index (χ0v) is 16.3. The van der Waals surface area contributed by atoms with Crippen molar-refractivity contribution in [1.29, 1.82) is 0 Å². The van der Waals surface area contributed by atoms with Crippen molar-refractivity contribution in [3.05, 3.63) is 40.5 Å². The number of amides is 1. The molecule has 0 atom stereocenters. The molecular formula is C20H25NO6. The summed E-state index contributed by atoms with van der Waals surface area (Å²) in [5.41, 5.74) is 2.80. The number of anilines is 1. The molecular weight excluding hydrogens is 350 g/mol. The number of rotatable bonds is 5. The topological polar surface area (TPSA) is 90.9 Å². The third kappa shape index (κ3) is 5.84. The molecule has 0 aromatic heterocycles. The number of hydrogen-bond donors (Lipinski definition) is 1. The lowest BCUT2D eigenvalue weighted by Gasteiger charge is -2.21. The van der Waals surface area contributed by atoms with Crippen molar-refractivity contribution in [2.45, 2.75) is 53.2 Å². The predicted octanol–water partition coefficient (Wildman–Crippen LogP) is 3.43.